The van der Waals surface area contributed by atoms with Gasteiger partial charge in [-0.05, 0) is 26.3 Å². The van der Waals surface area contributed by atoms with Crippen molar-refractivity contribution in [2.24, 2.45) is 11.5 Å². The van der Waals surface area contributed by atoms with Crippen molar-refractivity contribution in [3.05, 3.63) is 0 Å². The Labute approximate surface area is 118 Å². The average molecular weight is 293 g/mol. The van der Waals surface area contributed by atoms with Crippen LogP contribution in [0, 0.1) is 0 Å². The highest BCUT2D eigenvalue weighted by Crippen LogP contribution is 1.98. The van der Waals surface area contributed by atoms with Gasteiger partial charge in [-0.25, -0.2) is 10.9 Å². The van der Waals surface area contributed by atoms with Crippen molar-refractivity contribution >= 4 is 23.5 Å². The molecule has 19 heavy (non-hydrogen) atoms. The smallest absolute Gasteiger partial charge is 0.206 e. The summed E-state index contributed by atoms with van der Waals surface area (Å²) >= 11 is 3.61. The van der Waals surface area contributed by atoms with Gasteiger partial charge in [0.25, 0.3) is 0 Å². The highest BCUT2D eigenvalue weighted by molar-refractivity contribution is 7.96. The molecule has 0 aliphatic rings. The zero-order valence-corrected chi connectivity index (χ0v) is 11.8. The second-order valence-corrected chi connectivity index (χ2v) is 4.59. The second kappa shape index (κ2) is 10.3. The van der Waals surface area contributed by atoms with E-state index in [1.807, 2.05) is 0 Å². The lowest BCUT2D eigenvalue weighted by Crippen LogP contribution is -2.52. The van der Waals surface area contributed by atoms with Gasteiger partial charge in [0.1, 0.15) is 18.1 Å². The fourth-order valence-corrected chi connectivity index (χ4v) is 1.48. The summed E-state index contributed by atoms with van der Waals surface area (Å²) in [6.45, 7) is 1.62. The number of hydrogen-bond donors (Lipinski definition) is 7. The number of carbonyl (C=O) groups excluding carboxylic acids is 2. The molecule has 112 valence electrons. The monoisotopic (exact) mass is 293 g/mol. The first-order valence-corrected chi connectivity index (χ1v) is 6.43. The third kappa shape index (κ3) is 9.05. The molecule has 0 saturated heterocycles. The summed E-state index contributed by atoms with van der Waals surface area (Å²) in [6.07, 6.45) is 0.645. The average Bonchev–Trinajstić information content (AvgIpc) is 2.31. The van der Waals surface area contributed by atoms with Crippen LogP contribution < -0.4 is 27.6 Å². The van der Waals surface area contributed by atoms with E-state index < -0.39 is 30.1 Å². The lowest BCUT2D eigenvalue weighted by Gasteiger charge is -2.20. The van der Waals surface area contributed by atoms with Crippen LogP contribution in [0.25, 0.3) is 0 Å². The SMILES string of the molecule is CC(=O)[C@H](CCCNC(N)N)NN[C@@H](CO)C(=O)S. The lowest BCUT2D eigenvalue weighted by molar-refractivity contribution is -0.120. The van der Waals surface area contributed by atoms with E-state index in [0.717, 1.165) is 0 Å². The first-order chi connectivity index (χ1) is 8.88. The molecule has 0 aromatic rings. The quantitative estimate of drug-likeness (QED) is 0.0953. The number of hydrogen-bond acceptors (Lipinski definition) is 8. The number of rotatable bonds is 11. The Kier molecular flexibility index (Phi) is 9.97. The molecule has 0 heterocycles. The minimum absolute atomic E-state index is 0.0761. The van der Waals surface area contributed by atoms with Crippen LogP contribution >= 0.6 is 12.6 Å². The molecule has 0 radical (unpaired) electrons. The van der Waals surface area contributed by atoms with Crippen molar-refractivity contribution in [3.8, 4) is 0 Å². The molecule has 9 heteroatoms. The van der Waals surface area contributed by atoms with Crippen LogP contribution in [0.1, 0.15) is 19.8 Å². The molecular formula is C10H23N5O3S. The number of aliphatic hydroxyl groups is 1. The number of aliphatic hydroxyl groups excluding tert-OH is 1. The van der Waals surface area contributed by atoms with Crippen molar-refractivity contribution < 1.29 is 14.7 Å². The summed E-state index contributed by atoms with van der Waals surface area (Å²) in [5.74, 6) is -0.0761. The van der Waals surface area contributed by atoms with Crippen LogP contribution in [-0.4, -0.2) is 47.5 Å². The van der Waals surface area contributed by atoms with E-state index in [2.05, 4.69) is 28.8 Å². The van der Waals surface area contributed by atoms with Gasteiger partial charge in [-0.2, -0.15) is 0 Å². The predicted molar refractivity (Wildman–Crippen MR) is 75.0 cm³/mol. The zero-order chi connectivity index (χ0) is 14.8. The van der Waals surface area contributed by atoms with Crippen molar-refractivity contribution in [1.82, 2.24) is 16.2 Å². The molecule has 0 spiro atoms. The summed E-state index contributed by atoms with van der Waals surface area (Å²) in [5.41, 5.74) is 15.9. The maximum Gasteiger partial charge on any atom is 0.206 e. The molecule has 0 saturated carbocycles. The number of nitrogens with two attached hydrogens (primary N) is 2. The molecule has 0 rings (SSSR count). The maximum atomic E-state index is 11.4. The van der Waals surface area contributed by atoms with Gasteiger partial charge in [-0.1, -0.05) is 0 Å². The van der Waals surface area contributed by atoms with Gasteiger partial charge in [-0.3, -0.25) is 14.9 Å². The molecule has 8 N–H and O–H groups in total. The lowest BCUT2D eigenvalue weighted by atomic mass is 10.1. The van der Waals surface area contributed by atoms with Gasteiger partial charge in [0.2, 0.25) is 5.12 Å². The van der Waals surface area contributed by atoms with E-state index in [9.17, 15) is 9.59 Å². The Bertz CT molecular complexity index is 290. The van der Waals surface area contributed by atoms with E-state index in [0.29, 0.717) is 19.4 Å². The summed E-state index contributed by atoms with van der Waals surface area (Å²) in [7, 11) is 0. The van der Waals surface area contributed by atoms with Crippen molar-refractivity contribution in [2.75, 3.05) is 13.2 Å². The van der Waals surface area contributed by atoms with Crippen molar-refractivity contribution in [2.45, 2.75) is 38.1 Å². The van der Waals surface area contributed by atoms with Crippen molar-refractivity contribution in [3.63, 3.8) is 0 Å². The van der Waals surface area contributed by atoms with E-state index in [4.69, 9.17) is 16.6 Å². The molecule has 0 unspecified atom stereocenters. The first kappa shape index (κ1) is 18.4. The van der Waals surface area contributed by atoms with Crippen LogP contribution in [0.4, 0.5) is 0 Å². The minimum atomic E-state index is -0.847. The molecule has 0 aliphatic heterocycles. The summed E-state index contributed by atoms with van der Waals surface area (Å²) in [6, 6.07) is -1.31. The molecule has 2 atom stereocenters. The van der Waals surface area contributed by atoms with Crippen molar-refractivity contribution in [1.29, 1.82) is 0 Å². The minimum Gasteiger partial charge on any atom is -0.394 e. The van der Waals surface area contributed by atoms with Crippen LogP contribution in [0.3, 0.4) is 0 Å². The first-order valence-electron chi connectivity index (χ1n) is 5.98. The third-order valence-corrected chi connectivity index (χ3v) is 2.76. The molecule has 0 amide bonds. The van der Waals surface area contributed by atoms with Crippen LogP contribution in [0.5, 0.6) is 0 Å². The molecule has 0 fully saturated rings. The number of Topliss-reactive ketones (excluding diaryl/α,β-unsaturated/α-hetero) is 1. The number of nitrogens with one attached hydrogen (secondary N) is 3. The highest BCUT2D eigenvalue weighted by Gasteiger charge is 2.18. The summed E-state index contributed by atoms with van der Waals surface area (Å²) in [5, 5.41) is 11.2. The number of hydrazine groups is 1. The molecule has 0 aromatic heterocycles. The van der Waals surface area contributed by atoms with Gasteiger partial charge in [-0.15, -0.1) is 12.6 Å². The standard InChI is InChI=1S/C10H23N5O3S/c1-6(17)7(3-2-4-13-10(11)12)14-15-8(5-16)9(18)19/h7-8,10,13-16H,2-5,11-12H2,1H3,(H,18,19)/t7-,8-/m0/s1. The maximum absolute atomic E-state index is 11.4. The Balaban J connectivity index is 4.05. The van der Waals surface area contributed by atoms with E-state index in [1.165, 1.54) is 6.92 Å². The Hall–Kier alpha value is -0.550. The van der Waals surface area contributed by atoms with E-state index >= 15 is 0 Å². The molecule has 0 aliphatic carbocycles. The topological polar surface area (TPSA) is 142 Å². The van der Waals surface area contributed by atoms with Gasteiger partial charge in [0.05, 0.1) is 12.6 Å². The number of ketones is 1. The van der Waals surface area contributed by atoms with Gasteiger partial charge in [0, 0.05) is 0 Å². The van der Waals surface area contributed by atoms with Crippen LogP contribution in [-0.2, 0) is 9.59 Å². The fourth-order valence-electron chi connectivity index (χ4n) is 1.34. The van der Waals surface area contributed by atoms with Crippen LogP contribution in [0.2, 0.25) is 0 Å². The van der Waals surface area contributed by atoms with E-state index in [-0.39, 0.29) is 5.78 Å². The zero-order valence-electron chi connectivity index (χ0n) is 10.9. The fraction of sp³-hybridized carbons (Fsp3) is 0.800. The number of thiol groups is 1. The summed E-state index contributed by atoms with van der Waals surface area (Å²) < 4.78 is 0. The summed E-state index contributed by atoms with van der Waals surface area (Å²) in [4.78, 5) is 22.4. The molecule has 8 nitrogen and oxygen atoms in total. The number of carbonyl (C=O) groups is 2. The molecule has 0 aromatic carbocycles. The second-order valence-electron chi connectivity index (χ2n) is 4.15. The highest BCUT2D eigenvalue weighted by atomic mass is 32.1. The largest absolute Gasteiger partial charge is 0.394 e. The van der Waals surface area contributed by atoms with Gasteiger partial charge >= 0.3 is 0 Å². The Morgan fingerprint density at radius 2 is 1.84 bits per heavy atom. The van der Waals surface area contributed by atoms with Crippen LogP contribution in [0.15, 0.2) is 0 Å². The third-order valence-electron chi connectivity index (χ3n) is 2.45. The molecular weight excluding hydrogens is 270 g/mol. The Morgan fingerprint density at radius 1 is 1.26 bits per heavy atom. The van der Waals surface area contributed by atoms with Gasteiger partial charge in [0.15, 0.2) is 0 Å². The molecule has 0 bridgehead atoms. The normalized spacial score (nSPS) is 14.4. The van der Waals surface area contributed by atoms with Gasteiger partial charge < -0.3 is 16.6 Å². The van der Waals surface area contributed by atoms with E-state index in [1.54, 1.807) is 0 Å². The Morgan fingerprint density at radius 3 is 2.26 bits per heavy atom. The predicted octanol–water partition coefficient (Wildman–Crippen LogP) is -2.57.